The predicted molar refractivity (Wildman–Crippen MR) is 102 cm³/mol. The second kappa shape index (κ2) is 6.95. The molecule has 134 valence electrons. The first-order valence-corrected chi connectivity index (χ1v) is 8.29. The number of nitrogens with one attached hydrogen (secondary N) is 1. The van der Waals surface area contributed by atoms with Crippen LogP contribution < -0.4 is 10.1 Å². The van der Waals surface area contributed by atoms with Gasteiger partial charge in [-0.2, -0.15) is 0 Å². The summed E-state index contributed by atoms with van der Waals surface area (Å²) in [5.74, 6) is 1.33. The zero-order valence-corrected chi connectivity index (χ0v) is 14.8. The maximum Gasteiger partial charge on any atom is 0.182 e. The molecule has 0 unspecified atom stereocenters. The SMILES string of the molecule is CNc1nc(-c2cnccn2)nc2c(OC)cc(-c3cccc(F)c3)cc12. The molecule has 27 heavy (non-hydrogen) atoms. The first-order chi connectivity index (χ1) is 13.2. The van der Waals surface area contributed by atoms with E-state index in [2.05, 4.69) is 25.3 Å². The van der Waals surface area contributed by atoms with E-state index in [-0.39, 0.29) is 5.82 Å². The zero-order valence-electron chi connectivity index (χ0n) is 14.8. The number of nitrogens with zero attached hydrogens (tertiary/aromatic N) is 4. The van der Waals surface area contributed by atoms with Crippen molar-refractivity contribution in [1.82, 2.24) is 19.9 Å². The molecule has 0 bridgehead atoms. The highest BCUT2D eigenvalue weighted by Gasteiger charge is 2.15. The number of halogens is 1. The molecule has 2 heterocycles. The van der Waals surface area contributed by atoms with Gasteiger partial charge in [0.25, 0.3) is 0 Å². The molecule has 6 nitrogen and oxygen atoms in total. The standard InChI is InChI=1S/C20H16FN5O/c1-22-19-15-9-13(12-4-3-5-14(21)8-12)10-17(27-2)18(15)25-20(26-19)16-11-23-6-7-24-16/h3-11H,1-2H3,(H,22,25,26). The molecule has 0 atom stereocenters. The smallest absolute Gasteiger partial charge is 0.182 e. The lowest BCUT2D eigenvalue weighted by molar-refractivity contribution is 0.419. The van der Waals surface area contributed by atoms with Crippen LogP contribution in [0.3, 0.4) is 0 Å². The molecule has 2 aromatic heterocycles. The van der Waals surface area contributed by atoms with E-state index in [4.69, 9.17) is 4.74 Å². The highest BCUT2D eigenvalue weighted by atomic mass is 19.1. The van der Waals surface area contributed by atoms with Crippen molar-refractivity contribution in [2.75, 3.05) is 19.5 Å². The van der Waals surface area contributed by atoms with Gasteiger partial charge in [0.2, 0.25) is 0 Å². The van der Waals surface area contributed by atoms with Gasteiger partial charge in [0.05, 0.1) is 13.3 Å². The number of fused-ring (bicyclic) bond motifs is 1. The van der Waals surface area contributed by atoms with Gasteiger partial charge in [-0.1, -0.05) is 12.1 Å². The number of anilines is 1. The van der Waals surface area contributed by atoms with Crippen LogP contribution in [0.5, 0.6) is 5.75 Å². The van der Waals surface area contributed by atoms with Crippen LogP contribution in [0.1, 0.15) is 0 Å². The zero-order chi connectivity index (χ0) is 18.8. The van der Waals surface area contributed by atoms with E-state index in [0.29, 0.717) is 28.6 Å². The predicted octanol–water partition coefficient (Wildman–Crippen LogP) is 3.94. The average Bonchev–Trinajstić information content (AvgIpc) is 2.72. The summed E-state index contributed by atoms with van der Waals surface area (Å²) < 4.78 is 19.2. The van der Waals surface area contributed by atoms with Crippen LogP contribution in [-0.2, 0) is 0 Å². The maximum atomic E-state index is 13.7. The van der Waals surface area contributed by atoms with Crippen molar-refractivity contribution < 1.29 is 9.13 Å². The minimum absolute atomic E-state index is 0.297. The van der Waals surface area contributed by atoms with Gasteiger partial charge < -0.3 is 10.1 Å². The highest BCUT2D eigenvalue weighted by Crippen LogP contribution is 2.35. The third kappa shape index (κ3) is 3.15. The van der Waals surface area contributed by atoms with Gasteiger partial charge in [-0.25, -0.2) is 19.3 Å². The van der Waals surface area contributed by atoms with Crippen molar-refractivity contribution >= 4 is 16.7 Å². The number of rotatable bonds is 4. The lowest BCUT2D eigenvalue weighted by Crippen LogP contribution is -2.01. The Balaban J connectivity index is 1.98. The Bertz CT molecular complexity index is 1120. The van der Waals surface area contributed by atoms with Crippen LogP contribution in [0.2, 0.25) is 0 Å². The van der Waals surface area contributed by atoms with Gasteiger partial charge in [0.15, 0.2) is 5.82 Å². The first kappa shape index (κ1) is 16.8. The average molecular weight is 361 g/mol. The Kier molecular flexibility index (Phi) is 4.33. The number of ether oxygens (including phenoxy) is 1. The van der Waals surface area contributed by atoms with Crippen molar-refractivity contribution in [2.24, 2.45) is 0 Å². The van der Waals surface area contributed by atoms with E-state index in [0.717, 1.165) is 16.5 Å². The topological polar surface area (TPSA) is 72.8 Å². The third-order valence-electron chi connectivity index (χ3n) is 4.17. The van der Waals surface area contributed by atoms with Crippen LogP contribution in [0, 0.1) is 5.82 Å². The molecule has 0 radical (unpaired) electrons. The highest BCUT2D eigenvalue weighted by molar-refractivity contribution is 5.97. The molecule has 0 aliphatic carbocycles. The molecule has 4 aromatic rings. The second-order valence-electron chi connectivity index (χ2n) is 5.82. The molecule has 1 N–H and O–H groups in total. The number of aromatic nitrogens is 4. The summed E-state index contributed by atoms with van der Waals surface area (Å²) in [4.78, 5) is 17.5. The van der Waals surface area contributed by atoms with E-state index >= 15 is 0 Å². The summed E-state index contributed by atoms with van der Waals surface area (Å²) in [6, 6.07) is 10.2. The van der Waals surface area contributed by atoms with Crippen LogP contribution in [-0.4, -0.2) is 34.1 Å². The van der Waals surface area contributed by atoms with Gasteiger partial charge in [-0.3, -0.25) is 4.98 Å². The lowest BCUT2D eigenvalue weighted by atomic mass is 10.0. The summed E-state index contributed by atoms with van der Waals surface area (Å²) in [7, 11) is 3.36. The quantitative estimate of drug-likeness (QED) is 0.593. The molecule has 0 saturated carbocycles. The van der Waals surface area contributed by atoms with Gasteiger partial charge in [0, 0.05) is 24.8 Å². The molecular formula is C20H16FN5O. The maximum absolute atomic E-state index is 13.7. The van der Waals surface area contributed by atoms with E-state index in [1.54, 1.807) is 38.8 Å². The summed E-state index contributed by atoms with van der Waals surface area (Å²) in [5.41, 5.74) is 2.76. The van der Waals surface area contributed by atoms with Crippen molar-refractivity contribution in [2.45, 2.75) is 0 Å². The summed E-state index contributed by atoms with van der Waals surface area (Å²) in [5, 5.41) is 3.86. The minimum Gasteiger partial charge on any atom is -0.494 e. The van der Waals surface area contributed by atoms with Gasteiger partial charge in [0.1, 0.15) is 28.6 Å². The molecule has 0 aliphatic rings. The Labute approximate surface area is 155 Å². The van der Waals surface area contributed by atoms with Crippen molar-refractivity contribution in [3.8, 4) is 28.4 Å². The summed E-state index contributed by atoms with van der Waals surface area (Å²) >= 11 is 0. The van der Waals surface area contributed by atoms with E-state index in [1.807, 2.05) is 18.2 Å². The van der Waals surface area contributed by atoms with Gasteiger partial charge >= 0.3 is 0 Å². The number of benzene rings is 2. The van der Waals surface area contributed by atoms with E-state index in [9.17, 15) is 4.39 Å². The number of methoxy groups -OCH3 is 1. The van der Waals surface area contributed by atoms with Gasteiger partial charge in [-0.05, 0) is 35.4 Å². The Morgan fingerprint density at radius 2 is 1.93 bits per heavy atom. The second-order valence-corrected chi connectivity index (χ2v) is 5.82. The summed E-state index contributed by atoms with van der Waals surface area (Å²) in [6.07, 6.45) is 4.79. The monoisotopic (exact) mass is 361 g/mol. The van der Waals surface area contributed by atoms with Gasteiger partial charge in [-0.15, -0.1) is 0 Å². The third-order valence-corrected chi connectivity index (χ3v) is 4.17. The van der Waals surface area contributed by atoms with Crippen LogP contribution in [0.4, 0.5) is 10.2 Å². The van der Waals surface area contributed by atoms with E-state index < -0.39 is 0 Å². The lowest BCUT2D eigenvalue weighted by Gasteiger charge is -2.13. The molecular weight excluding hydrogens is 345 g/mol. The van der Waals surface area contributed by atoms with Crippen molar-refractivity contribution in [3.63, 3.8) is 0 Å². The Morgan fingerprint density at radius 3 is 2.63 bits per heavy atom. The van der Waals surface area contributed by atoms with Crippen molar-refractivity contribution in [3.05, 3.63) is 60.8 Å². The molecule has 0 spiro atoms. The van der Waals surface area contributed by atoms with Crippen LogP contribution in [0.15, 0.2) is 55.0 Å². The van der Waals surface area contributed by atoms with Crippen LogP contribution in [0.25, 0.3) is 33.5 Å². The molecule has 4 rings (SSSR count). The molecule has 0 amide bonds. The summed E-state index contributed by atoms with van der Waals surface area (Å²) in [6.45, 7) is 0. The molecule has 0 fully saturated rings. The fraction of sp³-hybridized carbons (Fsp3) is 0.100. The molecule has 2 aromatic carbocycles. The number of hydrogen-bond acceptors (Lipinski definition) is 6. The van der Waals surface area contributed by atoms with E-state index in [1.165, 1.54) is 12.1 Å². The molecule has 0 aliphatic heterocycles. The fourth-order valence-electron chi connectivity index (χ4n) is 2.91. The Hall–Kier alpha value is -3.61. The largest absolute Gasteiger partial charge is 0.494 e. The Morgan fingerprint density at radius 1 is 1.04 bits per heavy atom. The molecule has 7 heteroatoms. The normalized spacial score (nSPS) is 10.8. The fourth-order valence-corrected chi connectivity index (χ4v) is 2.91. The molecule has 0 saturated heterocycles. The van der Waals surface area contributed by atoms with Crippen molar-refractivity contribution in [1.29, 1.82) is 0 Å². The van der Waals surface area contributed by atoms with Crippen LogP contribution >= 0.6 is 0 Å². The number of hydrogen-bond donors (Lipinski definition) is 1. The minimum atomic E-state index is -0.297. The first-order valence-electron chi connectivity index (χ1n) is 8.29.